The van der Waals surface area contributed by atoms with Crippen molar-refractivity contribution in [1.82, 2.24) is 0 Å². The van der Waals surface area contributed by atoms with Crippen molar-refractivity contribution in [3.8, 4) is 0 Å². The minimum Gasteiger partial charge on any atom is -0.619 e. The van der Waals surface area contributed by atoms with Crippen LogP contribution in [0.15, 0.2) is 24.5 Å². The molecule has 0 fully saturated rings. The lowest BCUT2D eigenvalue weighted by molar-refractivity contribution is -0.606. The van der Waals surface area contributed by atoms with Crippen LogP contribution in [0.4, 0.5) is 5.69 Å². The van der Waals surface area contributed by atoms with E-state index in [4.69, 9.17) is 11.6 Å². The molecule has 0 amide bonds. The van der Waals surface area contributed by atoms with E-state index in [1.807, 2.05) is 0 Å². The fourth-order valence-corrected chi connectivity index (χ4v) is 1.04. The summed E-state index contributed by atoms with van der Waals surface area (Å²) in [6.45, 7) is 0. The molecule has 0 aliphatic carbocycles. The zero-order valence-corrected chi connectivity index (χ0v) is 7.85. The first-order valence-corrected chi connectivity index (χ1v) is 4.28. The monoisotopic (exact) mass is 214 g/mol. The number of hydrogen-bond acceptors (Lipinski definition) is 3. The van der Waals surface area contributed by atoms with Crippen molar-refractivity contribution in [3.05, 3.63) is 45.4 Å². The Morgan fingerprint density at radius 3 is 2.93 bits per heavy atom. The number of rotatable bonds is 3. The Bertz CT molecular complexity index is 379. The van der Waals surface area contributed by atoms with Crippen molar-refractivity contribution in [2.75, 3.05) is 5.88 Å². The Hall–Kier alpha value is -1.62. The van der Waals surface area contributed by atoms with Gasteiger partial charge in [0.1, 0.15) is 5.56 Å². The molecule has 1 aromatic heterocycles. The molecule has 0 radical (unpaired) electrons. The molecule has 1 heterocycles. The summed E-state index contributed by atoms with van der Waals surface area (Å²) in [6.07, 6.45) is 5.18. The van der Waals surface area contributed by atoms with Crippen molar-refractivity contribution in [2.45, 2.75) is 0 Å². The normalized spacial score (nSPS) is 10.6. The summed E-state index contributed by atoms with van der Waals surface area (Å²) >= 11 is 5.38. The van der Waals surface area contributed by atoms with Gasteiger partial charge >= 0.3 is 0 Å². The van der Waals surface area contributed by atoms with Crippen LogP contribution in [-0.4, -0.2) is 10.8 Å². The van der Waals surface area contributed by atoms with Crippen LogP contribution < -0.4 is 4.73 Å². The summed E-state index contributed by atoms with van der Waals surface area (Å²) in [5.41, 5.74) is 0.131. The van der Waals surface area contributed by atoms with Gasteiger partial charge in [0.05, 0.1) is 11.0 Å². The number of nitro groups is 1. The third-order valence-corrected chi connectivity index (χ3v) is 1.70. The molecule has 0 unspecified atom stereocenters. The van der Waals surface area contributed by atoms with E-state index >= 15 is 0 Å². The molecule has 0 atom stereocenters. The standard InChI is InChI=1S/C8H7ClN2O3/c9-4-1-2-7-6-10(12)5-3-8(7)11(13)14/h1-3,5-6H,4H2. The van der Waals surface area contributed by atoms with E-state index in [0.717, 1.165) is 18.5 Å². The third kappa shape index (κ3) is 2.43. The van der Waals surface area contributed by atoms with Crippen LogP contribution in [0, 0.1) is 15.3 Å². The summed E-state index contributed by atoms with van der Waals surface area (Å²) in [5, 5.41) is 21.4. The molecule has 0 aliphatic heterocycles. The number of alkyl halides is 1. The minimum atomic E-state index is -0.548. The first-order valence-electron chi connectivity index (χ1n) is 3.75. The van der Waals surface area contributed by atoms with Gasteiger partial charge in [0.15, 0.2) is 12.4 Å². The van der Waals surface area contributed by atoms with Crippen molar-refractivity contribution in [1.29, 1.82) is 0 Å². The fraction of sp³-hybridized carbons (Fsp3) is 0.125. The molecule has 74 valence electrons. The highest BCUT2D eigenvalue weighted by Crippen LogP contribution is 2.16. The summed E-state index contributed by atoms with van der Waals surface area (Å²) in [7, 11) is 0. The van der Waals surface area contributed by atoms with Gasteiger partial charge in [-0.15, -0.1) is 11.6 Å². The average Bonchev–Trinajstić information content (AvgIpc) is 2.14. The van der Waals surface area contributed by atoms with Crippen LogP contribution in [0.5, 0.6) is 0 Å². The lowest BCUT2D eigenvalue weighted by Crippen LogP contribution is -2.24. The van der Waals surface area contributed by atoms with Crippen LogP contribution >= 0.6 is 11.6 Å². The number of allylic oxidation sites excluding steroid dienone is 1. The molecule has 5 nitrogen and oxygen atoms in total. The summed E-state index contributed by atoms with van der Waals surface area (Å²) in [5.74, 6) is 0.241. The molecule has 0 saturated heterocycles. The van der Waals surface area contributed by atoms with Gasteiger partial charge in [-0.25, -0.2) is 0 Å². The highest BCUT2D eigenvalue weighted by atomic mass is 35.5. The van der Waals surface area contributed by atoms with Crippen molar-refractivity contribution >= 4 is 23.4 Å². The topological polar surface area (TPSA) is 70.1 Å². The van der Waals surface area contributed by atoms with Crippen LogP contribution in [0.2, 0.25) is 0 Å². The number of pyridine rings is 1. The molecule has 0 N–H and O–H groups in total. The van der Waals surface area contributed by atoms with Gasteiger partial charge in [0, 0.05) is 5.88 Å². The molecule has 0 bridgehead atoms. The zero-order chi connectivity index (χ0) is 10.6. The van der Waals surface area contributed by atoms with Gasteiger partial charge in [0.2, 0.25) is 0 Å². The van der Waals surface area contributed by atoms with Crippen molar-refractivity contribution in [3.63, 3.8) is 0 Å². The molecule has 0 aliphatic rings. The first-order chi connectivity index (χ1) is 6.65. The molecule has 1 rings (SSSR count). The molecule has 0 spiro atoms. The van der Waals surface area contributed by atoms with Gasteiger partial charge in [-0.05, 0) is 6.08 Å². The Morgan fingerprint density at radius 2 is 2.36 bits per heavy atom. The summed E-state index contributed by atoms with van der Waals surface area (Å²) < 4.78 is 0.501. The average molecular weight is 215 g/mol. The van der Waals surface area contributed by atoms with Crippen LogP contribution in [0.3, 0.4) is 0 Å². The molecular formula is C8H7ClN2O3. The number of halogens is 1. The molecular weight excluding hydrogens is 208 g/mol. The Balaban J connectivity index is 3.15. The van der Waals surface area contributed by atoms with Crippen LogP contribution in [-0.2, 0) is 0 Å². The van der Waals surface area contributed by atoms with E-state index in [2.05, 4.69) is 0 Å². The van der Waals surface area contributed by atoms with E-state index in [9.17, 15) is 15.3 Å². The van der Waals surface area contributed by atoms with E-state index in [1.165, 1.54) is 12.2 Å². The van der Waals surface area contributed by atoms with E-state index in [-0.39, 0.29) is 17.1 Å². The second kappa shape index (κ2) is 4.57. The quantitative estimate of drug-likeness (QED) is 0.252. The maximum Gasteiger partial charge on any atom is 0.288 e. The predicted molar refractivity (Wildman–Crippen MR) is 51.8 cm³/mol. The van der Waals surface area contributed by atoms with Gasteiger partial charge in [-0.3, -0.25) is 10.1 Å². The molecule has 0 saturated carbocycles. The van der Waals surface area contributed by atoms with E-state index < -0.39 is 4.92 Å². The maximum atomic E-state index is 10.9. The van der Waals surface area contributed by atoms with Gasteiger partial charge in [-0.2, -0.15) is 4.73 Å². The number of aromatic nitrogens is 1. The fourth-order valence-electron chi connectivity index (χ4n) is 0.953. The minimum absolute atomic E-state index is 0.113. The Kier molecular flexibility index (Phi) is 3.41. The second-order valence-electron chi connectivity index (χ2n) is 2.46. The van der Waals surface area contributed by atoms with E-state index in [0.29, 0.717) is 4.73 Å². The lowest BCUT2D eigenvalue weighted by Gasteiger charge is -1.97. The SMILES string of the molecule is O=[N+]([O-])c1cc[n+]([O-])cc1C=CCCl. The maximum absolute atomic E-state index is 10.9. The number of hydrogen-bond donors (Lipinski definition) is 0. The summed E-state index contributed by atoms with van der Waals surface area (Å²) in [4.78, 5) is 9.98. The third-order valence-electron chi connectivity index (χ3n) is 1.52. The largest absolute Gasteiger partial charge is 0.619 e. The van der Waals surface area contributed by atoms with Gasteiger partial charge in [0.25, 0.3) is 5.69 Å². The summed E-state index contributed by atoms with van der Waals surface area (Å²) in [6, 6.07) is 1.15. The predicted octanol–water partition coefficient (Wildman–Crippen LogP) is 1.48. The highest BCUT2D eigenvalue weighted by Gasteiger charge is 2.13. The molecule has 0 aromatic carbocycles. The number of nitrogens with zero attached hydrogens (tertiary/aromatic N) is 2. The first kappa shape index (κ1) is 10.5. The zero-order valence-electron chi connectivity index (χ0n) is 7.09. The van der Waals surface area contributed by atoms with Crippen molar-refractivity contribution < 1.29 is 9.65 Å². The molecule has 6 heteroatoms. The Morgan fingerprint density at radius 1 is 1.64 bits per heavy atom. The van der Waals surface area contributed by atoms with Crippen LogP contribution in [0.25, 0.3) is 6.08 Å². The van der Waals surface area contributed by atoms with E-state index in [1.54, 1.807) is 0 Å². The Labute approximate surface area is 85.0 Å². The van der Waals surface area contributed by atoms with Gasteiger partial charge in [-0.1, -0.05) is 6.08 Å². The molecule has 1 aromatic rings. The molecule has 14 heavy (non-hydrogen) atoms. The van der Waals surface area contributed by atoms with Crippen molar-refractivity contribution in [2.24, 2.45) is 0 Å². The smallest absolute Gasteiger partial charge is 0.288 e. The second-order valence-corrected chi connectivity index (χ2v) is 2.77. The highest BCUT2D eigenvalue weighted by molar-refractivity contribution is 6.19. The van der Waals surface area contributed by atoms with Gasteiger partial charge < -0.3 is 5.21 Å². The lowest BCUT2D eigenvalue weighted by atomic mass is 10.2. The van der Waals surface area contributed by atoms with Crippen LogP contribution in [0.1, 0.15) is 5.56 Å².